The highest BCUT2D eigenvalue weighted by Gasteiger charge is 2.26. The molecule has 1 heterocycles. The fourth-order valence-electron chi connectivity index (χ4n) is 2.68. The first-order valence-electron chi connectivity index (χ1n) is 7.27. The second-order valence-electron chi connectivity index (χ2n) is 5.36. The van der Waals surface area contributed by atoms with E-state index in [1.807, 2.05) is 0 Å². The Labute approximate surface area is 148 Å². The fourth-order valence-corrected chi connectivity index (χ4v) is 4.35. The van der Waals surface area contributed by atoms with E-state index in [4.69, 9.17) is 11.5 Å². The molecular weight excluding hydrogens is 394 g/mol. The van der Waals surface area contributed by atoms with Crippen molar-refractivity contribution in [3.8, 4) is 0 Å². The minimum Gasteiger partial charge on any atom is -0.369 e. The zero-order chi connectivity index (χ0) is 17.3. The van der Waals surface area contributed by atoms with Gasteiger partial charge in [-0.15, -0.1) is 5.10 Å². The monoisotopic (exact) mass is 409 g/mol. The smallest absolute Gasteiger partial charge is 0.267 e. The Morgan fingerprint density at radius 3 is 2.50 bits per heavy atom. The molecule has 0 fully saturated rings. The normalized spacial score (nSPS) is 16.0. The van der Waals surface area contributed by atoms with Gasteiger partial charge in [0.2, 0.25) is 5.96 Å². The summed E-state index contributed by atoms with van der Waals surface area (Å²) in [7, 11) is -3.65. The Balaban J connectivity index is 2.07. The number of guanidine groups is 1. The standard InChI is InChI=1S/C15H16BrN5O2S/c16-10-4-6-11(7-5-10)24(22,23)21-9-8-12-13(19-20-15(17)18)2-1-3-14(12)21/h4-9H,1-3H2,(H4,17,18,20)/b19-13+. The van der Waals surface area contributed by atoms with E-state index >= 15 is 0 Å². The van der Waals surface area contributed by atoms with Gasteiger partial charge < -0.3 is 11.5 Å². The molecule has 1 aromatic heterocycles. The molecule has 126 valence electrons. The van der Waals surface area contributed by atoms with Crippen molar-refractivity contribution in [1.29, 1.82) is 0 Å². The zero-order valence-corrected chi connectivity index (χ0v) is 15.1. The van der Waals surface area contributed by atoms with Crippen molar-refractivity contribution < 1.29 is 8.42 Å². The Morgan fingerprint density at radius 2 is 1.83 bits per heavy atom. The molecule has 0 amide bonds. The first-order chi connectivity index (χ1) is 11.4. The number of rotatable bonds is 3. The van der Waals surface area contributed by atoms with Gasteiger partial charge in [0.1, 0.15) is 0 Å². The zero-order valence-electron chi connectivity index (χ0n) is 12.7. The Morgan fingerprint density at radius 1 is 1.12 bits per heavy atom. The Bertz CT molecular complexity index is 925. The third-order valence-electron chi connectivity index (χ3n) is 3.75. The van der Waals surface area contributed by atoms with Crippen molar-refractivity contribution in [1.82, 2.24) is 3.97 Å². The molecule has 1 aliphatic carbocycles. The molecule has 0 spiro atoms. The highest BCUT2D eigenvalue weighted by atomic mass is 79.9. The molecule has 0 atom stereocenters. The molecule has 0 bridgehead atoms. The molecular formula is C15H16BrN5O2S. The van der Waals surface area contributed by atoms with Gasteiger partial charge in [-0.05, 0) is 49.6 Å². The summed E-state index contributed by atoms with van der Waals surface area (Å²) in [6.45, 7) is 0. The van der Waals surface area contributed by atoms with Crippen molar-refractivity contribution in [2.45, 2.75) is 24.2 Å². The number of nitrogens with zero attached hydrogens (tertiary/aromatic N) is 3. The van der Waals surface area contributed by atoms with Crippen molar-refractivity contribution in [2.75, 3.05) is 0 Å². The summed E-state index contributed by atoms with van der Waals surface area (Å²) in [5, 5.41) is 7.73. The van der Waals surface area contributed by atoms with Gasteiger partial charge in [-0.1, -0.05) is 15.9 Å². The molecule has 7 nitrogen and oxygen atoms in total. The van der Waals surface area contributed by atoms with Crippen molar-refractivity contribution in [3.63, 3.8) is 0 Å². The topological polar surface area (TPSA) is 116 Å². The molecule has 24 heavy (non-hydrogen) atoms. The third kappa shape index (κ3) is 3.09. The van der Waals surface area contributed by atoms with Crippen LogP contribution in [0.1, 0.15) is 24.1 Å². The van der Waals surface area contributed by atoms with Gasteiger partial charge in [-0.3, -0.25) is 0 Å². The Hall–Kier alpha value is -2.13. The molecule has 1 aromatic carbocycles. The number of fused-ring (bicyclic) bond motifs is 1. The number of nitrogens with two attached hydrogens (primary N) is 2. The highest BCUT2D eigenvalue weighted by molar-refractivity contribution is 9.10. The van der Waals surface area contributed by atoms with Crippen molar-refractivity contribution in [3.05, 3.63) is 52.3 Å². The van der Waals surface area contributed by atoms with Gasteiger partial charge in [-0.25, -0.2) is 12.4 Å². The summed E-state index contributed by atoms with van der Waals surface area (Å²) in [5.41, 5.74) is 12.8. The molecule has 1 aliphatic rings. The van der Waals surface area contributed by atoms with Crippen molar-refractivity contribution in [2.24, 2.45) is 21.7 Å². The van der Waals surface area contributed by atoms with Crippen LogP contribution in [0.2, 0.25) is 0 Å². The first-order valence-corrected chi connectivity index (χ1v) is 9.50. The second-order valence-corrected chi connectivity index (χ2v) is 8.09. The van der Waals surface area contributed by atoms with Crippen LogP contribution in [0.3, 0.4) is 0 Å². The predicted octanol–water partition coefficient (Wildman–Crippen LogP) is 1.80. The van der Waals surface area contributed by atoms with Gasteiger partial charge in [0.25, 0.3) is 10.0 Å². The van der Waals surface area contributed by atoms with Gasteiger partial charge in [0.05, 0.1) is 10.6 Å². The van der Waals surface area contributed by atoms with E-state index in [1.54, 1.807) is 36.5 Å². The number of benzene rings is 1. The summed E-state index contributed by atoms with van der Waals surface area (Å²) >= 11 is 3.31. The maximum Gasteiger partial charge on any atom is 0.267 e. The number of aromatic nitrogens is 1. The molecule has 0 unspecified atom stereocenters. The van der Waals surface area contributed by atoms with E-state index in [-0.39, 0.29) is 10.9 Å². The van der Waals surface area contributed by atoms with Crippen LogP contribution in [0.4, 0.5) is 0 Å². The van der Waals surface area contributed by atoms with Crippen LogP contribution in [0.25, 0.3) is 0 Å². The maximum absolute atomic E-state index is 12.9. The lowest BCUT2D eigenvalue weighted by Crippen LogP contribution is -2.22. The lowest BCUT2D eigenvalue weighted by atomic mass is 9.96. The largest absolute Gasteiger partial charge is 0.369 e. The molecule has 2 aromatic rings. The molecule has 3 rings (SSSR count). The predicted molar refractivity (Wildman–Crippen MR) is 96.4 cm³/mol. The lowest BCUT2D eigenvalue weighted by Gasteiger charge is -2.17. The summed E-state index contributed by atoms with van der Waals surface area (Å²) in [6, 6.07) is 8.29. The van der Waals surface area contributed by atoms with Gasteiger partial charge in [0, 0.05) is 21.9 Å². The van der Waals surface area contributed by atoms with Crippen LogP contribution >= 0.6 is 15.9 Å². The number of hydrogen-bond donors (Lipinski definition) is 2. The minimum absolute atomic E-state index is 0.128. The summed E-state index contributed by atoms with van der Waals surface area (Å²) in [4.78, 5) is 0.234. The second kappa shape index (κ2) is 6.40. The van der Waals surface area contributed by atoms with E-state index < -0.39 is 10.0 Å². The van der Waals surface area contributed by atoms with E-state index in [2.05, 4.69) is 26.1 Å². The van der Waals surface area contributed by atoms with Crippen LogP contribution in [0.15, 0.2) is 56.1 Å². The molecule has 4 N–H and O–H groups in total. The minimum atomic E-state index is -3.65. The van der Waals surface area contributed by atoms with E-state index in [0.717, 1.165) is 16.5 Å². The van der Waals surface area contributed by atoms with Crippen LogP contribution in [-0.2, 0) is 16.4 Å². The van der Waals surface area contributed by atoms with Gasteiger partial charge >= 0.3 is 0 Å². The molecule has 0 saturated carbocycles. The Kier molecular flexibility index (Phi) is 4.46. The molecule has 0 radical (unpaired) electrons. The molecule has 9 heteroatoms. The number of halogens is 1. The average molecular weight is 410 g/mol. The SMILES string of the molecule is NC(N)=N/N=C1\CCCc2c1ccn2S(=O)(=O)c1ccc(Br)cc1. The maximum atomic E-state index is 12.9. The quantitative estimate of drug-likeness (QED) is 0.456. The van der Waals surface area contributed by atoms with E-state index in [0.29, 0.717) is 24.2 Å². The van der Waals surface area contributed by atoms with Crippen LogP contribution < -0.4 is 11.5 Å². The highest BCUT2D eigenvalue weighted by Crippen LogP contribution is 2.27. The van der Waals surface area contributed by atoms with Crippen molar-refractivity contribution >= 4 is 37.6 Å². The third-order valence-corrected chi connectivity index (χ3v) is 6.00. The van der Waals surface area contributed by atoms with E-state index in [1.165, 1.54) is 3.97 Å². The van der Waals surface area contributed by atoms with Gasteiger partial charge in [0.15, 0.2) is 0 Å². The fraction of sp³-hybridized carbons (Fsp3) is 0.200. The summed E-state index contributed by atoms with van der Waals surface area (Å²) in [5.74, 6) is -0.128. The lowest BCUT2D eigenvalue weighted by molar-refractivity contribution is 0.584. The van der Waals surface area contributed by atoms with Crippen LogP contribution in [0.5, 0.6) is 0 Å². The number of hydrogen-bond acceptors (Lipinski definition) is 4. The average Bonchev–Trinajstić information content (AvgIpc) is 2.98. The van der Waals surface area contributed by atoms with Gasteiger partial charge in [-0.2, -0.15) is 5.10 Å². The molecule has 0 saturated heterocycles. The summed E-state index contributed by atoms with van der Waals surface area (Å²) < 4.78 is 27.9. The van der Waals surface area contributed by atoms with E-state index in [9.17, 15) is 8.42 Å². The first kappa shape index (κ1) is 16.7. The van der Waals surface area contributed by atoms with Crippen LogP contribution in [0, 0.1) is 0 Å². The molecule has 0 aliphatic heterocycles. The summed E-state index contributed by atoms with van der Waals surface area (Å²) in [6.07, 6.45) is 3.69. The van der Waals surface area contributed by atoms with Crippen LogP contribution in [-0.4, -0.2) is 24.1 Å².